The molecule has 1 aliphatic rings. The van der Waals surface area contributed by atoms with Gasteiger partial charge >= 0.3 is 0 Å². The Kier molecular flexibility index (Phi) is 5.91. The van der Waals surface area contributed by atoms with Crippen LogP contribution >= 0.6 is 23.2 Å². The van der Waals surface area contributed by atoms with Crippen LogP contribution in [0.3, 0.4) is 0 Å². The first-order valence-electron chi connectivity index (χ1n) is 8.28. The Hall–Kier alpha value is -3.62. The van der Waals surface area contributed by atoms with Crippen molar-refractivity contribution >= 4 is 58.0 Å². The lowest BCUT2D eigenvalue weighted by Gasteiger charge is -2.16. The molecule has 0 bridgehead atoms. The summed E-state index contributed by atoms with van der Waals surface area (Å²) in [5, 5.41) is 24.5. The summed E-state index contributed by atoms with van der Waals surface area (Å²) in [6.45, 7) is 0. The molecule has 0 aliphatic heterocycles. The van der Waals surface area contributed by atoms with Gasteiger partial charge in [-0.15, -0.1) is 0 Å². The van der Waals surface area contributed by atoms with Gasteiger partial charge in [-0.25, -0.2) is 0 Å². The molecule has 1 aliphatic carbocycles. The number of amides is 2. The van der Waals surface area contributed by atoms with Gasteiger partial charge in [0, 0.05) is 0 Å². The fraction of sp³-hybridized carbons (Fsp3) is 0. The predicted octanol–water partition coefficient (Wildman–Crippen LogP) is 3.41. The van der Waals surface area contributed by atoms with E-state index in [1.165, 1.54) is 30.3 Å². The smallest absolute Gasteiger partial charge is 0.263 e. The van der Waals surface area contributed by atoms with Crippen molar-refractivity contribution in [3.05, 3.63) is 75.5 Å². The van der Waals surface area contributed by atoms with Gasteiger partial charge in [0.15, 0.2) is 11.5 Å². The number of carbonyl (C=O) groups is 4. The molecule has 0 aromatic heterocycles. The van der Waals surface area contributed by atoms with E-state index in [0.717, 1.165) is 12.2 Å². The summed E-state index contributed by atoms with van der Waals surface area (Å²) in [6, 6.07) is 8.24. The molecule has 0 atom stereocenters. The largest absolute Gasteiger partial charge is 0.507 e. The Morgan fingerprint density at radius 2 is 1.33 bits per heavy atom. The first kappa shape index (κ1) is 21.1. The molecule has 0 fully saturated rings. The van der Waals surface area contributed by atoms with Crippen LogP contribution < -0.4 is 10.6 Å². The lowest BCUT2D eigenvalue weighted by Crippen LogP contribution is -2.26. The average molecular weight is 447 g/mol. The Balaban J connectivity index is 1.95. The molecule has 0 heterocycles. The molecule has 8 nitrogen and oxygen atoms in total. The molecule has 30 heavy (non-hydrogen) atoms. The van der Waals surface area contributed by atoms with Gasteiger partial charge in [0.25, 0.3) is 11.8 Å². The van der Waals surface area contributed by atoms with Crippen molar-refractivity contribution in [2.45, 2.75) is 0 Å². The zero-order valence-corrected chi connectivity index (χ0v) is 16.4. The number of allylic oxidation sites excluding steroid dienone is 2. The van der Waals surface area contributed by atoms with Crippen molar-refractivity contribution in [2.24, 2.45) is 0 Å². The van der Waals surface area contributed by atoms with Crippen LogP contribution in [0, 0.1) is 0 Å². The zero-order chi connectivity index (χ0) is 22.0. The summed E-state index contributed by atoms with van der Waals surface area (Å²) >= 11 is 12.0. The number of anilines is 2. The number of benzene rings is 2. The molecule has 0 spiro atoms. The van der Waals surface area contributed by atoms with E-state index in [0.29, 0.717) is 0 Å². The Morgan fingerprint density at radius 3 is 1.93 bits per heavy atom. The first-order valence-corrected chi connectivity index (χ1v) is 9.04. The minimum atomic E-state index is -1.09. The molecule has 152 valence electrons. The van der Waals surface area contributed by atoms with Crippen LogP contribution in [0.2, 0.25) is 10.0 Å². The quantitative estimate of drug-likeness (QED) is 0.420. The third-order valence-corrected chi connectivity index (χ3v) is 4.76. The maximum Gasteiger partial charge on any atom is 0.263 e. The van der Waals surface area contributed by atoms with E-state index >= 15 is 0 Å². The molecule has 0 unspecified atom stereocenters. The van der Waals surface area contributed by atoms with Gasteiger partial charge in [0.05, 0.1) is 27.0 Å². The van der Waals surface area contributed by atoms with Crippen LogP contribution in [-0.2, 0) is 14.4 Å². The number of hydrogen-bond acceptors (Lipinski definition) is 6. The van der Waals surface area contributed by atoms with E-state index in [1.807, 2.05) is 0 Å². The molecular formula is C20H12Cl2N2O6. The predicted molar refractivity (Wildman–Crippen MR) is 110 cm³/mol. The van der Waals surface area contributed by atoms with Gasteiger partial charge in [-0.05, 0) is 36.4 Å². The van der Waals surface area contributed by atoms with E-state index < -0.39 is 34.7 Å². The number of para-hydroxylation sites is 1. The zero-order valence-electron chi connectivity index (χ0n) is 14.9. The van der Waals surface area contributed by atoms with Crippen LogP contribution in [0.15, 0.2) is 59.9 Å². The first-order chi connectivity index (χ1) is 14.2. The van der Waals surface area contributed by atoms with Gasteiger partial charge in [-0.1, -0.05) is 35.3 Å². The molecule has 3 rings (SSSR count). The van der Waals surface area contributed by atoms with Gasteiger partial charge in [0.1, 0.15) is 11.3 Å². The Labute approximate surface area is 179 Å². The number of phenols is 1. The SMILES string of the molecule is O=C1C=CC(=O)C(C(=O)Nc2cc(Cl)c(Cl)cc2NC(=O)c2ccccc2O)=C1O. The van der Waals surface area contributed by atoms with Crippen LogP contribution in [0.25, 0.3) is 0 Å². The highest BCUT2D eigenvalue weighted by atomic mass is 35.5. The summed E-state index contributed by atoms with van der Waals surface area (Å²) < 4.78 is 0. The molecule has 0 saturated heterocycles. The number of ketones is 2. The number of aliphatic hydroxyl groups excluding tert-OH is 1. The highest BCUT2D eigenvalue weighted by Crippen LogP contribution is 2.34. The number of aromatic hydroxyl groups is 1. The monoisotopic (exact) mass is 446 g/mol. The lowest BCUT2D eigenvalue weighted by molar-refractivity contribution is -0.121. The molecule has 10 heteroatoms. The minimum absolute atomic E-state index is 0.00350. The summed E-state index contributed by atoms with van der Waals surface area (Å²) in [4.78, 5) is 48.5. The van der Waals surface area contributed by atoms with Crippen molar-refractivity contribution in [3.8, 4) is 5.75 Å². The van der Waals surface area contributed by atoms with Crippen LogP contribution in [0.1, 0.15) is 10.4 Å². The average Bonchev–Trinajstić information content (AvgIpc) is 2.69. The van der Waals surface area contributed by atoms with Crippen molar-refractivity contribution in [1.82, 2.24) is 0 Å². The second-order valence-corrected chi connectivity index (χ2v) is 6.84. The van der Waals surface area contributed by atoms with E-state index in [4.69, 9.17) is 23.2 Å². The number of phenolic OH excluding ortho intramolecular Hbond substituents is 1. The molecule has 2 amide bonds. The van der Waals surface area contributed by atoms with Gasteiger partial charge < -0.3 is 20.8 Å². The fourth-order valence-corrected chi connectivity index (χ4v) is 2.89. The summed E-state index contributed by atoms with van der Waals surface area (Å²) in [5.74, 6) is -4.84. The molecule has 2 aromatic carbocycles. The number of nitrogens with one attached hydrogen (secondary N) is 2. The third-order valence-electron chi connectivity index (χ3n) is 4.04. The maximum atomic E-state index is 12.5. The highest BCUT2D eigenvalue weighted by Gasteiger charge is 2.29. The van der Waals surface area contributed by atoms with E-state index in [9.17, 15) is 29.4 Å². The highest BCUT2D eigenvalue weighted by molar-refractivity contribution is 6.43. The number of rotatable bonds is 4. The fourth-order valence-electron chi connectivity index (χ4n) is 2.57. The van der Waals surface area contributed by atoms with E-state index in [-0.39, 0.29) is 32.7 Å². The van der Waals surface area contributed by atoms with E-state index in [1.54, 1.807) is 6.07 Å². The molecule has 0 saturated carbocycles. The summed E-state index contributed by atoms with van der Waals surface area (Å²) in [5.41, 5.74) is -0.865. The molecule has 0 radical (unpaired) electrons. The van der Waals surface area contributed by atoms with E-state index in [2.05, 4.69) is 10.6 Å². The second kappa shape index (κ2) is 8.40. The summed E-state index contributed by atoms with van der Waals surface area (Å²) in [6.07, 6.45) is 1.69. The topological polar surface area (TPSA) is 133 Å². The number of aliphatic hydroxyl groups is 1. The van der Waals surface area contributed by atoms with Crippen molar-refractivity contribution in [3.63, 3.8) is 0 Å². The van der Waals surface area contributed by atoms with Crippen LogP contribution in [0.4, 0.5) is 11.4 Å². The number of carbonyl (C=O) groups excluding carboxylic acids is 4. The lowest BCUT2D eigenvalue weighted by atomic mass is 10.0. The minimum Gasteiger partial charge on any atom is -0.507 e. The standard InChI is InChI=1S/C20H12Cl2N2O6/c21-10-7-12(23-19(29)9-3-1-2-4-14(9)25)13(8-11(10)22)24-20(30)17-15(26)5-6-16(27)18(17)28/h1-8,25,28H,(H,23,29)(H,24,30). The van der Waals surface area contributed by atoms with Crippen molar-refractivity contribution in [1.29, 1.82) is 0 Å². The van der Waals surface area contributed by atoms with Gasteiger partial charge in [-0.2, -0.15) is 0 Å². The van der Waals surface area contributed by atoms with Crippen LogP contribution in [-0.4, -0.2) is 33.6 Å². The number of halogens is 2. The normalized spacial score (nSPS) is 13.4. The maximum absolute atomic E-state index is 12.5. The summed E-state index contributed by atoms with van der Waals surface area (Å²) in [7, 11) is 0. The van der Waals surface area contributed by atoms with Crippen molar-refractivity contribution in [2.75, 3.05) is 10.6 Å². The van der Waals surface area contributed by atoms with Gasteiger partial charge in [0.2, 0.25) is 5.78 Å². The van der Waals surface area contributed by atoms with Crippen molar-refractivity contribution < 1.29 is 29.4 Å². The number of hydrogen-bond donors (Lipinski definition) is 4. The van der Waals surface area contributed by atoms with Crippen LogP contribution in [0.5, 0.6) is 5.75 Å². The Bertz CT molecular complexity index is 1170. The Morgan fingerprint density at radius 1 is 0.800 bits per heavy atom. The third kappa shape index (κ3) is 4.19. The molecular weight excluding hydrogens is 435 g/mol. The molecule has 2 aromatic rings. The second-order valence-electron chi connectivity index (χ2n) is 6.02. The molecule has 4 N–H and O–H groups in total. The van der Waals surface area contributed by atoms with Gasteiger partial charge in [-0.3, -0.25) is 19.2 Å².